The van der Waals surface area contributed by atoms with Gasteiger partial charge in [-0.15, -0.1) is 0 Å². The first kappa shape index (κ1) is 24.7. The molecule has 2 heterocycles. The zero-order valence-corrected chi connectivity index (χ0v) is 18.9. The summed E-state index contributed by atoms with van der Waals surface area (Å²) < 4.78 is 31.6. The Morgan fingerprint density at radius 2 is 1.94 bits per heavy atom. The number of sulfonamides is 1. The Balaban J connectivity index is 1.50. The quantitative estimate of drug-likeness (QED) is 0.221. The van der Waals surface area contributed by atoms with Gasteiger partial charge in [0.25, 0.3) is 10.0 Å². The zero-order chi connectivity index (χ0) is 24.9. The fraction of sp³-hybridized carbons (Fsp3) is 0.300. The number of rotatable bonds is 10. The Hall–Kier alpha value is -3.91. The van der Waals surface area contributed by atoms with Crippen LogP contribution in [0.2, 0.25) is 0 Å². The second kappa shape index (κ2) is 10.4. The molecule has 0 unspecified atom stereocenters. The predicted molar refractivity (Wildman–Crippen MR) is 121 cm³/mol. The topological polar surface area (TPSA) is 212 Å². The number of hydrogen-bond donors (Lipinski definition) is 5. The number of guanidine groups is 1. The third-order valence-electron chi connectivity index (χ3n) is 4.68. The minimum absolute atomic E-state index is 0.0608. The lowest BCUT2D eigenvalue weighted by Crippen LogP contribution is -2.48. The number of hydrogen-bond acceptors (Lipinski definition) is 8. The van der Waals surface area contributed by atoms with Gasteiger partial charge in [0.2, 0.25) is 11.0 Å². The number of carboxylic acids is 1. The minimum atomic E-state index is -4.22. The number of carboxylic acid groups (broad SMARTS) is 1. The van der Waals surface area contributed by atoms with Crippen LogP contribution in [-0.4, -0.2) is 55.8 Å². The summed E-state index contributed by atoms with van der Waals surface area (Å²) in [6.07, 6.45) is -0.310. The summed E-state index contributed by atoms with van der Waals surface area (Å²) in [5.74, 6) is -1.69. The molecular weight excluding hydrogens is 468 g/mol. The van der Waals surface area contributed by atoms with Gasteiger partial charge in [-0.3, -0.25) is 9.59 Å². The smallest absolute Gasteiger partial charge is 0.323 e. The fourth-order valence-corrected chi connectivity index (χ4v) is 4.23. The molecule has 13 nitrogen and oxygen atoms in total. The highest BCUT2D eigenvalue weighted by Crippen LogP contribution is 2.21. The molecule has 1 amide bonds. The summed E-state index contributed by atoms with van der Waals surface area (Å²) in [4.78, 5) is 33.0. The summed E-state index contributed by atoms with van der Waals surface area (Å²) in [5.41, 5.74) is 12.7. The van der Waals surface area contributed by atoms with Crippen molar-refractivity contribution in [2.75, 3.05) is 6.54 Å². The Morgan fingerprint density at radius 3 is 2.53 bits per heavy atom. The third kappa shape index (κ3) is 6.55. The molecule has 7 N–H and O–H groups in total. The number of benzene rings is 1. The molecule has 3 rings (SSSR count). The molecule has 2 aromatic rings. The predicted octanol–water partition coefficient (Wildman–Crippen LogP) is -0.0761. The number of furan rings is 1. The summed E-state index contributed by atoms with van der Waals surface area (Å²) in [7, 11) is -4.22. The van der Waals surface area contributed by atoms with E-state index in [4.69, 9.17) is 20.7 Å². The molecule has 14 heteroatoms. The Bertz CT molecular complexity index is 1220. The van der Waals surface area contributed by atoms with Crippen LogP contribution in [0, 0.1) is 6.92 Å². The van der Waals surface area contributed by atoms with Crippen molar-refractivity contribution in [2.45, 2.75) is 37.0 Å². The van der Waals surface area contributed by atoms with E-state index in [9.17, 15) is 23.1 Å². The van der Waals surface area contributed by atoms with Crippen molar-refractivity contribution in [2.24, 2.45) is 21.6 Å². The molecule has 0 bridgehead atoms. The first-order valence-electron chi connectivity index (χ1n) is 10.0. The summed E-state index contributed by atoms with van der Waals surface area (Å²) in [5, 5.41) is 15.3. The first-order valence-corrected chi connectivity index (χ1v) is 11.5. The largest absolute Gasteiger partial charge is 0.480 e. The van der Waals surface area contributed by atoms with E-state index in [-0.39, 0.29) is 12.4 Å². The second-order valence-corrected chi connectivity index (χ2v) is 9.08. The lowest BCUT2D eigenvalue weighted by molar-refractivity contribution is -0.138. The number of oxime groups is 1. The molecule has 1 aliphatic heterocycles. The number of nitrogens with two attached hydrogens (primary N) is 2. The summed E-state index contributed by atoms with van der Waals surface area (Å²) in [6, 6.07) is 7.97. The van der Waals surface area contributed by atoms with Gasteiger partial charge in [0.15, 0.2) is 5.96 Å². The Morgan fingerprint density at radius 1 is 1.24 bits per heavy atom. The van der Waals surface area contributed by atoms with Crippen molar-refractivity contribution in [3.8, 4) is 0 Å². The van der Waals surface area contributed by atoms with Crippen LogP contribution in [0.1, 0.15) is 24.2 Å². The zero-order valence-electron chi connectivity index (χ0n) is 18.1. The van der Waals surface area contributed by atoms with Gasteiger partial charge in [0.05, 0.1) is 17.8 Å². The van der Waals surface area contributed by atoms with Crippen LogP contribution in [-0.2, 0) is 24.4 Å². The van der Waals surface area contributed by atoms with Gasteiger partial charge < -0.3 is 31.1 Å². The van der Waals surface area contributed by atoms with E-state index in [1.54, 1.807) is 31.2 Å². The van der Waals surface area contributed by atoms with Crippen LogP contribution in [0.5, 0.6) is 0 Å². The van der Waals surface area contributed by atoms with Crippen LogP contribution < -0.4 is 21.5 Å². The standard InChI is InChI=1S/C20H24N6O7S/c1-11-2-7-18(32-11)34(30,31)26-16(19(28)29)10-23-17(27)9-14-8-15(25-33-14)12-3-5-13(6-4-12)24-20(21)22/h2-7,14,16,26H,8-10H2,1H3,(H,23,27)(H,28,29)(H4,21,22,24)/t14-,16-/m0/s1. The number of nitrogens with zero attached hydrogens (tertiary/aromatic N) is 2. The van der Waals surface area contributed by atoms with Crippen molar-refractivity contribution in [3.63, 3.8) is 0 Å². The number of nitrogens with one attached hydrogen (secondary N) is 2. The summed E-state index contributed by atoms with van der Waals surface area (Å²) >= 11 is 0. The Kier molecular flexibility index (Phi) is 7.53. The van der Waals surface area contributed by atoms with Gasteiger partial charge in [-0.2, -0.15) is 4.72 Å². The van der Waals surface area contributed by atoms with E-state index in [2.05, 4.69) is 15.5 Å². The maximum absolute atomic E-state index is 12.3. The number of aryl methyl sites for hydroxylation is 1. The molecule has 182 valence electrons. The lowest BCUT2D eigenvalue weighted by Gasteiger charge is -2.15. The van der Waals surface area contributed by atoms with E-state index in [1.165, 1.54) is 12.1 Å². The maximum atomic E-state index is 12.3. The highest BCUT2D eigenvalue weighted by molar-refractivity contribution is 7.89. The van der Waals surface area contributed by atoms with Gasteiger partial charge >= 0.3 is 5.97 Å². The van der Waals surface area contributed by atoms with Gasteiger partial charge in [-0.25, -0.2) is 13.4 Å². The number of carbonyl (C=O) groups excluding carboxylic acids is 1. The molecule has 1 aromatic heterocycles. The number of aliphatic carboxylic acids is 1. The Labute approximate surface area is 194 Å². The molecular formula is C20H24N6O7S. The maximum Gasteiger partial charge on any atom is 0.323 e. The minimum Gasteiger partial charge on any atom is -0.480 e. The van der Waals surface area contributed by atoms with Gasteiger partial charge in [-0.1, -0.05) is 17.3 Å². The molecule has 0 radical (unpaired) electrons. The average Bonchev–Trinajstić information content (AvgIpc) is 3.40. The van der Waals surface area contributed by atoms with Crippen LogP contribution >= 0.6 is 0 Å². The summed E-state index contributed by atoms with van der Waals surface area (Å²) in [6.45, 7) is 1.08. The van der Waals surface area contributed by atoms with E-state index in [0.29, 0.717) is 23.6 Å². The molecule has 0 aliphatic carbocycles. The van der Waals surface area contributed by atoms with Crippen molar-refractivity contribution >= 4 is 39.3 Å². The lowest BCUT2D eigenvalue weighted by atomic mass is 10.0. The highest BCUT2D eigenvalue weighted by atomic mass is 32.2. The van der Waals surface area contributed by atoms with Crippen molar-refractivity contribution in [1.29, 1.82) is 0 Å². The molecule has 2 atom stereocenters. The van der Waals surface area contributed by atoms with Crippen LogP contribution in [0.25, 0.3) is 0 Å². The van der Waals surface area contributed by atoms with E-state index in [1.807, 2.05) is 4.72 Å². The number of aliphatic imine (C=N–C) groups is 1. The van der Waals surface area contributed by atoms with Crippen molar-refractivity contribution in [3.05, 3.63) is 47.7 Å². The monoisotopic (exact) mass is 492 g/mol. The van der Waals surface area contributed by atoms with Gasteiger partial charge in [-0.05, 0) is 36.8 Å². The fourth-order valence-electron chi connectivity index (χ4n) is 3.06. The van der Waals surface area contributed by atoms with Gasteiger partial charge in [0.1, 0.15) is 17.9 Å². The van der Waals surface area contributed by atoms with Gasteiger partial charge in [0, 0.05) is 13.0 Å². The molecule has 34 heavy (non-hydrogen) atoms. The molecule has 0 saturated carbocycles. The van der Waals surface area contributed by atoms with E-state index >= 15 is 0 Å². The molecule has 1 aliphatic rings. The first-order chi connectivity index (χ1) is 16.0. The van der Waals surface area contributed by atoms with Crippen molar-refractivity contribution < 1.29 is 32.4 Å². The van der Waals surface area contributed by atoms with Crippen LogP contribution in [0.3, 0.4) is 0 Å². The van der Waals surface area contributed by atoms with E-state index < -0.39 is 45.7 Å². The normalized spacial score (nSPS) is 16.3. The van der Waals surface area contributed by atoms with Crippen LogP contribution in [0.4, 0.5) is 5.69 Å². The third-order valence-corrected chi connectivity index (χ3v) is 6.03. The van der Waals surface area contributed by atoms with E-state index in [0.717, 1.165) is 5.56 Å². The molecule has 0 fully saturated rings. The molecule has 0 saturated heterocycles. The number of carbonyl (C=O) groups is 2. The highest BCUT2D eigenvalue weighted by Gasteiger charge is 2.29. The van der Waals surface area contributed by atoms with Crippen LogP contribution in [0.15, 0.2) is 56.1 Å². The van der Waals surface area contributed by atoms with Crippen molar-refractivity contribution in [1.82, 2.24) is 10.0 Å². The SMILES string of the molecule is Cc1ccc(S(=O)(=O)N[C@@H](CNC(=O)C[C@@H]2CC(c3ccc(N=C(N)N)cc3)=NO2)C(=O)O)o1. The molecule has 1 aromatic carbocycles. The number of amides is 1. The average molecular weight is 493 g/mol. The second-order valence-electron chi connectivity index (χ2n) is 7.44. The molecule has 0 spiro atoms.